The van der Waals surface area contributed by atoms with Gasteiger partial charge >= 0.3 is 6.18 Å². The van der Waals surface area contributed by atoms with E-state index in [0.29, 0.717) is 6.54 Å². The first-order valence-corrected chi connectivity index (χ1v) is 7.03. The summed E-state index contributed by atoms with van der Waals surface area (Å²) >= 11 is 0. The quantitative estimate of drug-likeness (QED) is 0.761. The van der Waals surface area contributed by atoms with Crippen molar-refractivity contribution in [3.05, 3.63) is 42.2 Å². The summed E-state index contributed by atoms with van der Waals surface area (Å²) in [5, 5.41) is 6.69. The summed E-state index contributed by atoms with van der Waals surface area (Å²) < 4.78 is 39.5. The number of fused-ring (bicyclic) bond motifs is 1. The third kappa shape index (κ3) is 3.36. The molecule has 2 aromatic heterocycles. The maximum atomic E-state index is 12.7. The third-order valence-electron chi connectivity index (χ3n) is 3.32. The average molecular weight is 338 g/mol. The number of benzene rings is 1. The molecule has 0 radical (unpaired) electrons. The number of H-pyrrole nitrogens is 1. The van der Waals surface area contributed by atoms with Crippen molar-refractivity contribution in [2.45, 2.75) is 25.7 Å². The van der Waals surface area contributed by atoms with E-state index in [-0.39, 0.29) is 22.6 Å². The second kappa shape index (κ2) is 5.95. The van der Waals surface area contributed by atoms with Crippen LogP contribution in [0.5, 0.6) is 0 Å². The first-order valence-electron chi connectivity index (χ1n) is 7.03. The molecule has 24 heavy (non-hydrogen) atoms. The third-order valence-corrected chi connectivity index (χ3v) is 3.32. The molecule has 0 spiro atoms. The smallest absolute Gasteiger partial charge is 0.348 e. The van der Waals surface area contributed by atoms with Gasteiger partial charge in [0.15, 0.2) is 0 Å². The SMILES string of the molecule is C[C@H](Cn1cncn1)NC(=O)c1ccc2nc(C(F)(F)F)[nH]c2c1. The molecule has 2 N–H and O–H groups in total. The Hall–Kier alpha value is -2.91. The number of carbonyl (C=O) groups is 1. The van der Waals surface area contributed by atoms with Crippen LogP contribution in [0.2, 0.25) is 0 Å². The Balaban J connectivity index is 1.74. The highest BCUT2D eigenvalue weighted by molar-refractivity contribution is 5.97. The van der Waals surface area contributed by atoms with Gasteiger partial charge in [-0.1, -0.05) is 0 Å². The summed E-state index contributed by atoms with van der Waals surface area (Å²) in [5.74, 6) is -1.48. The molecule has 1 aromatic carbocycles. The largest absolute Gasteiger partial charge is 0.449 e. The predicted molar refractivity (Wildman–Crippen MR) is 78.0 cm³/mol. The van der Waals surface area contributed by atoms with Gasteiger partial charge in [-0.3, -0.25) is 9.48 Å². The summed E-state index contributed by atoms with van der Waals surface area (Å²) in [6.45, 7) is 2.21. The molecule has 0 aliphatic rings. The van der Waals surface area contributed by atoms with Crippen LogP contribution in [0, 0.1) is 0 Å². The molecule has 3 aromatic rings. The fourth-order valence-corrected chi connectivity index (χ4v) is 2.25. The molecule has 10 heteroatoms. The fourth-order valence-electron chi connectivity index (χ4n) is 2.25. The van der Waals surface area contributed by atoms with Crippen LogP contribution in [0.25, 0.3) is 11.0 Å². The highest BCUT2D eigenvalue weighted by Gasteiger charge is 2.34. The lowest BCUT2D eigenvalue weighted by atomic mass is 10.1. The van der Waals surface area contributed by atoms with E-state index in [1.165, 1.54) is 30.9 Å². The molecular formula is C14H13F3N6O. The van der Waals surface area contributed by atoms with E-state index >= 15 is 0 Å². The summed E-state index contributed by atoms with van der Waals surface area (Å²) in [6, 6.07) is 3.91. The molecule has 0 saturated carbocycles. The van der Waals surface area contributed by atoms with Gasteiger partial charge in [0.05, 0.1) is 17.6 Å². The van der Waals surface area contributed by atoms with Crippen molar-refractivity contribution in [3.8, 4) is 0 Å². The lowest BCUT2D eigenvalue weighted by molar-refractivity contribution is -0.144. The highest BCUT2D eigenvalue weighted by atomic mass is 19.4. The fraction of sp³-hybridized carbons (Fsp3) is 0.286. The van der Waals surface area contributed by atoms with Gasteiger partial charge in [0.25, 0.3) is 5.91 Å². The summed E-state index contributed by atoms with van der Waals surface area (Å²) in [5.41, 5.74) is 0.541. The highest BCUT2D eigenvalue weighted by Crippen LogP contribution is 2.28. The zero-order chi connectivity index (χ0) is 17.3. The van der Waals surface area contributed by atoms with Gasteiger partial charge in [-0.05, 0) is 25.1 Å². The Morgan fingerprint density at radius 2 is 2.21 bits per heavy atom. The molecule has 0 aliphatic heterocycles. The van der Waals surface area contributed by atoms with Gasteiger partial charge in [0, 0.05) is 11.6 Å². The normalized spacial score (nSPS) is 13.2. The van der Waals surface area contributed by atoms with E-state index in [9.17, 15) is 18.0 Å². The van der Waals surface area contributed by atoms with Crippen LogP contribution in [0.3, 0.4) is 0 Å². The predicted octanol–water partition coefficient (Wildman–Crippen LogP) is 1.99. The zero-order valence-electron chi connectivity index (χ0n) is 12.5. The van der Waals surface area contributed by atoms with Crippen LogP contribution in [0.4, 0.5) is 13.2 Å². The molecule has 3 rings (SSSR count). The monoisotopic (exact) mass is 338 g/mol. The number of rotatable bonds is 4. The van der Waals surface area contributed by atoms with Crippen molar-refractivity contribution in [2.75, 3.05) is 0 Å². The zero-order valence-corrected chi connectivity index (χ0v) is 12.5. The number of imidazole rings is 1. The van der Waals surface area contributed by atoms with Gasteiger partial charge in [-0.15, -0.1) is 0 Å². The summed E-state index contributed by atoms with van der Waals surface area (Å²) in [7, 11) is 0. The summed E-state index contributed by atoms with van der Waals surface area (Å²) in [4.78, 5) is 21.7. The van der Waals surface area contributed by atoms with E-state index in [1.807, 2.05) is 0 Å². The maximum absolute atomic E-state index is 12.7. The first kappa shape index (κ1) is 16.0. The molecule has 126 valence electrons. The van der Waals surface area contributed by atoms with Gasteiger partial charge in [0.1, 0.15) is 12.7 Å². The van der Waals surface area contributed by atoms with Crippen LogP contribution in [-0.2, 0) is 12.7 Å². The number of nitrogens with one attached hydrogen (secondary N) is 2. The lowest BCUT2D eigenvalue weighted by Gasteiger charge is -2.13. The number of hydrogen-bond acceptors (Lipinski definition) is 4. The number of aromatic nitrogens is 5. The molecule has 0 aliphatic carbocycles. The molecule has 0 unspecified atom stereocenters. The number of hydrogen-bond donors (Lipinski definition) is 2. The first-order chi connectivity index (χ1) is 11.3. The number of aromatic amines is 1. The van der Waals surface area contributed by atoms with E-state index in [0.717, 1.165) is 0 Å². The van der Waals surface area contributed by atoms with E-state index in [1.54, 1.807) is 11.6 Å². The topological polar surface area (TPSA) is 88.5 Å². The van der Waals surface area contributed by atoms with E-state index in [2.05, 4.69) is 25.4 Å². The Kier molecular flexibility index (Phi) is 3.96. The van der Waals surface area contributed by atoms with Gasteiger partial charge in [-0.25, -0.2) is 9.97 Å². The molecule has 1 amide bonds. The minimum atomic E-state index is -4.56. The lowest BCUT2D eigenvalue weighted by Crippen LogP contribution is -2.35. The second-order valence-electron chi connectivity index (χ2n) is 5.31. The van der Waals surface area contributed by atoms with Crippen LogP contribution < -0.4 is 5.32 Å². The molecule has 2 heterocycles. The van der Waals surface area contributed by atoms with Crippen LogP contribution >= 0.6 is 0 Å². The van der Waals surface area contributed by atoms with Crippen molar-refractivity contribution in [2.24, 2.45) is 0 Å². The molecule has 0 saturated heterocycles. The van der Waals surface area contributed by atoms with Crippen molar-refractivity contribution in [1.29, 1.82) is 0 Å². The molecule has 0 bridgehead atoms. The second-order valence-corrected chi connectivity index (χ2v) is 5.31. The number of carbonyl (C=O) groups excluding carboxylic acids is 1. The van der Waals surface area contributed by atoms with E-state index in [4.69, 9.17) is 0 Å². The van der Waals surface area contributed by atoms with Crippen molar-refractivity contribution in [3.63, 3.8) is 0 Å². The standard InChI is InChI=1S/C14H13F3N6O/c1-8(5-23-7-18-6-19-23)20-12(24)9-2-3-10-11(4-9)22-13(21-10)14(15,16)17/h2-4,6-8H,5H2,1H3,(H,20,24)(H,21,22)/t8-/m1/s1. The number of amides is 1. The number of halogens is 3. The Morgan fingerprint density at radius 3 is 2.88 bits per heavy atom. The number of nitrogens with zero attached hydrogens (tertiary/aromatic N) is 4. The average Bonchev–Trinajstić information content (AvgIpc) is 3.14. The van der Waals surface area contributed by atoms with Crippen molar-refractivity contribution in [1.82, 2.24) is 30.0 Å². The summed E-state index contributed by atoms with van der Waals surface area (Å²) in [6.07, 6.45) is -1.65. The minimum Gasteiger partial charge on any atom is -0.348 e. The van der Waals surface area contributed by atoms with Crippen molar-refractivity contribution < 1.29 is 18.0 Å². The van der Waals surface area contributed by atoms with Gasteiger partial charge in [0.2, 0.25) is 5.82 Å². The Morgan fingerprint density at radius 1 is 1.42 bits per heavy atom. The van der Waals surface area contributed by atoms with Crippen LogP contribution in [-0.4, -0.2) is 36.7 Å². The Labute approximate surface area is 133 Å². The number of alkyl halides is 3. The molecule has 0 fully saturated rings. The van der Waals surface area contributed by atoms with E-state index < -0.39 is 17.9 Å². The minimum absolute atomic E-state index is 0.148. The van der Waals surface area contributed by atoms with Gasteiger partial charge < -0.3 is 10.3 Å². The maximum Gasteiger partial charge on any atom is 0.449 e. The van der Waals surface area contributed by atoms with Crippen LogP contribution in [0.1, 0.15) is 23.1 Å². The van der Waals surface area contributed by atoms with Crippen molar-refractivity contribution >= 4 is 16.9 Å². The van der Waals surface area contributed by atoms with Gasteiger partial charge in [-0.2, -0.15) is 18.3 Å². The van der Waals surface area contributed by atoms with Crippen LogP contribution in [0.15, 0.2) is 30.9 Å². The Bertz CT molecular complexity index is 855. The molecule has 1 atom stereocenters. The molecular weight excluding hydrogens is 325 g/mol. The molecule has 7 nitrogen and oxygen atoms in total.